The van der Waals surface area contributed by atoms with Crippen LogP contribution in [0.3, 0.4) is 0 Å². The van der Waals surface area contributed by atoms with Gasteiger partial charge >= 0.3 is 5.97 Å². The number of phenolic OH excluding ortho intramolecular Hbond substituents is 1. The fourth-order valence-electron chi connectivity index (χ4n) is 4.44. The lowest BCUT2D eigenvalue weighted by atomic mass is 10.0. The van der Waals surface area contributed by atoms with Crippen LogP contribution in [0.4, 0.5) is 11.4 Å². The molecule has 39 heavy (non-hydrogen) atoms. The van der Waals surface area contributed by atoms with Crippen molar-refractivity contribution in [2.45, 2.75) is 104 Å². The summed E-state index contributed by atoms with van der Waals surface area (Å²) < 4.78 is 11.1. The van der Waals surface area contributed by atoms with Crippen LogP contribution in [-0.2, 0) is 9.59 Å². The number of para-hydroxylation sites is 2. The van der Waals surface area contributed by atoms with Gasteiger partial charge < -0.3 is 25.2 Å². The highest BCUT2D eigenvalue weighted by Gasteiger charge is 2.11. The third-order valence-electron chi connectivity index (χ3n) is 6.57. The molecule has 0 aromatic heterocycles. The van der Waals surface area contributed by atoms with Crippen molar-refractivity contribution < 1.29 is 24.2 Å². The topological polar surface area (TPSA) is 96.9 Å². The Bertz CT molecular complexity index is 979. The smallest absolute Gasteiger partial charge is 0.308 e. The summed E-state index contributed by atoms with van der Waals surface area (Å²) in [6, 6.07) is 11.7. The summed E-state index contributed by atoms with van der Waals surface area (Å²) >= 11 is 0. The van der Waals surface area contributed by atoms with Gasteiger partial charge in [-0.15, -0.1) is 0 Å². The SMILES string of the molecule is CCCCCCCCCCCCCCCCOc1ccccc1NC(=O)CNc1cc(O)ccc1OC(C)=O. The standard InChI is InChI=1S/C32H48N2O5/c1-3-4-5-6-7-8-9-10-11-12-13-14-15-18-23-38-30-20-17-16-19-28(30)34-32(37)25-33-29-24-27(36)21-22-31(29)39-26(2)35/h16-17,19-22,24,33,36H,3-15,18,23,25H2,1-2H3,(H,34,37). The highest BCUT2D eigenvalue weighted by atomic mass is 16.5. The molecule has 216 valence electrons. The number of phenols is 1. The zero-order valence-corrected chi connectivity index (χ0v) is 23.9. The lowest BCUT2D eigenvalue weighted by Gasteiger charge is -2.14. The van der Waals surface area contributed by atoms with Crippen LogP contribution >= 0.6 is 0 Å². The maximum absolute atomic E-state index is 12.6. The molecular weight excluding hydrogens is 492 g/mol. The number of carbonyl (C=O) groups is 2. The minimum Gasteiger partial charge on any atom is -0.508 e. The third kappa shape index (κ3) is 14.5. The van der Waals surface area contributed by atoms with E-state index in [4.69, 9.17) is 9.47 Å². The van der Waals surface area contributed by atoms with Gasteiger partial charge in [-0.3, -0.25) is 9.59 Å². The van der Waals surface area contributed by atoms with Crippen LogP contribution in [0.5, 0.6) is 17.2 Å². The van der Waals surface area contributed by atoms with Gasteiger partial charge in [0.1, 0.15) is 11.5 Å². The number of anilines is 2. The minimum atomic E-state index is -0.488. The molecule has 2 aromatic rings. The van der Waals surface area contributed by atoms with Gasteiger partial charge in [0, 0.05) is 13.0 Å². The molecule has 0 heterocycles. The molecule has 2 rings (SSSR count). The van der Waals surface area contributed by atoms with E-state index in [0.717, 1.165) is 12.8 Å². The molecule has 0 saturated heterocycles. The van der Waals surface area contributed by atoms with Crippen molar-refractivity contribution in [2.75, 3.05) is 23.8 Å². The molecule has 1 amide bonds. The summed E-state index contributed by atoms with van der Waals surface area (Å²) in [5.74, 6) is 0.0947. The first kappa shape index (κ1) is 32.0. The lowest BCUT2D eigenvalue weighted by molar-refractivity contribution is -0.131. The van der Waals surface area contributed by atoms with Crippen LogP contribution in [0.25, 0.3) is 0 Å². The zero-order chi connectivity index (χ0) is 28.1. The Hall–Kier alpha value is -3.22. The molecule has 0 saturated carbocycles. The molecule has 0 fully saturated rings. The van der Waals surface area contributed by atoms with Crippen molar-refractivity contribution in [3.63, 3.8) is 0 Å². The fourth-order valence-corrected chi connectivity index (χ4v) is 4.44. The Morgan fingerprint density at radius 3 is 1.95 bits per heavy atom. The molecule has 7 heteroatoms. The van der Waals surface area contributed by atoms with Gasteiger partial charge in [-0.2, -0.15) is 0 Å². The van der Waals surface area contributed by atoms with E-state index in [0.29, 0.717) is 23.7 Å². The van der Waals surface area contributed by atoms with Gasteiger partial charge in [-0.1, -0.05) is 103 Å². The highest BCUT2D eigenvalue weighted by molar-refractivity contribution is 5.95. The number of benzene rings is 2. The number of amides is 1. The fraction of sp³-hybridized carbons (Fsp3) is 0.562. The average Bonchev–Trinajstić information content (AvgIpc) is 2.91. The zero-order valence-electron chi connectivity index (χ0n) is 23.9. The number of esters is 1. The summed E-state index contributed by atoms with van der Waals surface area (Å²) in [5, 5.41) is 15.5. The first-order chi connectivity index (χ1) is 19.0. The number of hydrogen-bond acceptors (Lipinski definition) is 6. The summed E-state index contributed by atoms with van der Waals surface area (Å²) in [6.07, 6.45) is 18.4. The van der Waals surface area contributed by atoms with E-state index in [1.54, 1.807) is 6.07 Å². The van der Waals surface area contributed by atoms with Crippen molar-refractivity contribution in [2.24, 2.45) is 0 Å². The Labute approximate surface area is 234 Å². The number of aromatic hydroxyl groups is 1. The summed E-state index contributed by atoms with van der Waals surface area (Å²) in [7, 11) is 0. The maximum atomic E-state index is 12.6. The van der Waals surface area contributed by atoms with Crippen LogP contribution in [0.1, 0.15) is 104 Å². The Morgan fingerprint density at radius 2 is 1.33 bits per heavy atom. The second kappa shape index (κ2) is 19.8. The second-order valence-corrected chi connectivity index (χ2v) is 10.1. The summed E-state index contributed by atoms with van der Waals surface area (Å²) in [5.41, 5.74) is 0.952. The van der Waals surface area contributed by atoms with Crippen LogP contribution in [-0.4, -0.2) is 30.1 Å². The molecule has 0 aliphatic rings. The predicted molar refractivity (Wildman–Crippen MR) is 159 cm³/mol. The van der Waals surface area contributed by atoms with E-state index in [2.05, 4.69) is 17.6 Å². The van der Waals surface area contributed by atoms with Crippen molar-refractivity contribution in [1.29, 1.82) is 0 Å². The number of rotatable bonds is 21. The molecule has 3 N–H and O–H groups in total. The van der Waals surface area contributed by atoms with Crippen LogP contribution < -0.4 is 20.1 Å². The van der Waals surface area contributed by atoms with E-state index < -0.39 is 5.97 Å². The van der Waals surface area contributed by atoms with E-state index in [9.17, 15) is 14.7 Å². The molecule has 0 spiro atoms. The number of carbonyl (C=O) groups excluding carboxylic acids is 2. The average molecular weight is 541 g/mol. The summed E-state index contributed by atoms with van der Waals surface area (Å²) in [6.45, 7) is 4.09. The maximum Gasteiger partial charge on any atom is 0.308 e. The van der Waals surface area contributed by atoms with Crippen LogP contribution in [0, 0.1) is 0 Å². The molecule has 0 atom stereocenters. The van der Waals surface area contributed by atoms with Crippen molar-refractivity contribution in [1.82, 2.24) is 0 Å². The highest BCUT2D eigenvalue weighted by Crippen LogP contribution is 2.29. The number of unbranched alkanes of at least 4 members (excludes halogenated alkanes) is 13. The van der Waals surface area contributed by atoms with Crippen molar-refractivity contribution in [3.05, 3.63) is 42.5 Å². The van der Waals surface area contributed by atoms with E-state index in [1.807, 2.05) is 18.2 Å². The quantitative estimate of drug-likeness (QED) is 0.0838. The third-order valence-corrected chi connectivity index (χ3v) is 6.57. The van der Waals surface area contributed by atoms with Crippen molar-refractivity contribution >= 4 is 23.3 Å². The number of nitrogens with one attached hydrogen (secondary N) is 2. The molecule has 0 bridgehead atoms. The predicted octanol–water partition coefficient (Wildman–Crippen LogP) is 8.23. The van der Waals surface area contributed by atoms with E-state index >= 15 is 0 Å². The Morgan fingerprint density at radius 1 is 0.744 bits per heavy atom. The van der Waals surface area contributed by atoms with Crippen LogP contribution in [0.2, 0.25) is 0 Å². The van der Waals surface area contributed by atoms with Gasteiger partial charge in [0.25, 0.3) is 0 Å². The Kier molecular flexibility index (Phi) is 16.2. The van der Waals surface area contributed by atoms with Crippen molar-refractivity contribution in [3.8, 4) is 17.2 Å². The van der Waals surface area contributed by atoms with E-state index in [-0.39, 0.29) is 24.0 Å². The first-order valence-corrected chi connectivity index (χ1v) is 14.8. The van der Waals surface area contributed by atoms with Gasteiger partial charge in [-0.05, 0) is 30.7 Å². The Balaban J connectivity index is 1.60. The first-order valence-electron chi connectivity index (χ1n) is 14.8. The normalized spacial score (nSPS) is 10.7. The van der Waals surface area contributed by atoms with Gasteiger partial charge in [-0.25, -0.2) is 0 Å². The minimum absolute atomic E-state index is 0.00365. The van der Waals surface area contributed by atoms with Gasteiger partial charge in [0.05, 0.1) is 24.5 Å². The number of hydrogen-bond donors (Lipinski definition) is 3. The monoisotopic (exact) mass is 540 g/mol. The summed E-state index contributed by atoms with van der Waals surface area (Å²) in [4.78, 5) is 23.9. The lowest BCUT2D eigenvalue weighted by Crippen LogP contribution is -2.22. The molecule has 0 radical (unpaired) electrons. The molecule has 0 aliphatic carbocycles. The largest absolute Gasteiger partial charge is 0.508 e. The molecule has 7 nitrogen and oxygen atoms in total. The van der Waals surface area contributed by atoms with Gasteiger partial charge in [0.2, 0.25) is 5.91 Å². The van der Waals surface area contributed by atoms with Crippen LogP contribution in [0.15, 0.2) is 42.5 Å². The van der Waals surface area contributed by atoms with Gasteiger partial charge in [0.15, 0.2) is 5.75 Å². The molecular formula is C32H48N2O5. The molecule has 0 aliphatic heterocycles. The van der Waals surface area contributed by atoms with E-state index in [1.165, 1.54) is 102 Å². The number of ether oxygens (including phenoxy) is 2. The molecule has 0 unspecified atom stereocenters. The molecule has 2 aromatic carbocycles. The second-order valence-electron chi connectivity index (χ2n) is 10.1.